The first-order valence-electron chi connectivity index (χ1n) is 11.1. The summed E-state index contributed by atoms with van der Waals surface area (Å²) in [6.07, 6.45) is 5.58. The molecule has 0 saturated carbocycles. The van der Waals surface area contributed by atoms with Gasteiger partial charge in [0, 0.05) is 24.0 Å². The van der Waals surface area contributed by atoms with Crippen molar-refractivity contribution < 1.29 is 8.83 Å². The molecule has 1 aliphatic heterocycles. The van der Waals surface area contributed by atoms with Crippen LogP contribution in [0.15, 0.2) is 61.0 Å². The molecular weight excluding hydrogens is 472 g/mol. The fraction of sp³-hybridized carbons (Fsp3) is 0.304. The number of hydrogen-bond donors (Lipinski definition) is 1. The van der Waals surface area contributed by atoms with E-state index in [9.17, 15) is 4.79 Å². The highest BCUT2D eigenvalue weighted by Gasteiger charge is 2.25. The molecule has 34 heavy (non-hydrogen) atoms. The second-order valence-corrected chi connectivity index (χ2v) is 10.3. The van der Waals surface area contributed by atoms with Crippen molar-refractivity contribution in [1.82, 2.24) is 24.7 Å². The van der Waals surface area contributed by atoms with Crippen LogP contribution < -0.4 is 10.5 Å². The van der Waals surface area contributed by atoms with Gasteiger partial charge in [-0.25, -0.2) is 4.98 Å². The minimum Gasteiger partial charge on any atom is -0.467 e. The van der Waals surface area contributed by atoms with E-state index in [-0.39, 0.29) is 10.8 Å². The Morgan fingerprint density at radius 1 is 1.18 bits per heavy atom. The SMILES string of the molecule is C[C@@H](Sc1nnc(N2CCCC2)n1Cc1ccco1)c1nc2scc(-c3ccco3)c2c(=O)[nH]1. The average Bonchev–Trinajstić information content (AvgIpc) is 3.65. The molecule has 1 saturated heterocycles. The number of H-pyrrole nitrogens is 1. The highest BCUT2D eigenvalue weighted by atomic mass is 32.2. The van der Waals surface area contributed by atoms with E-state index >= 15 is 0 Å². The van der Waals surface area contributed by atoms with Gasteiger partial charge < -0.3 is 18.7 Å². The first-order chi connectivity index (χ1) is 16.7. The van der Waals surface area contributed by atoms with Gasteiger partial charge in [-0.1, -0.05) is 11.8 Å². The molecule has 0 bridgehead atoms. The number of hydrogen-bond acceptors (Lipinski definition) is 9. The summed E-state index contributed by atoms with van der Waals surface area (Å²) >= 11 is 2.96. The maximum Gasteiger partial charge on any atom is 0.260 e. The molecule has 0 amide bonds. The molecule has 0 aromatic carbocycles. The lowest BCUT2D eigenvalue weighted by molar-refractivity contribution is 0.483. The number of nitrogens with zero attached hydrogens (tertiary/aromatic N) is 5. The van der Waals surface area contributed by atoms with E-state index in [1.165, 1.54) is 23.1 Å². The monoisotopic (exact) mass is 494 g/mol. The van der Waals surface area contributed by atoms with Crippen LogP contribution in [0.3, 0.4) is 0 Å². The van der Waals surface area contributed by atoms with E-state index in [4.69, 9.17) is 13.8 Å². The lowest BCUT2D eigenvalue weighted by atomic mass is 10.2. The maximum absolute atomic E-state index is 13.0. The average molecular weight is 495 g/mol. The molecule has 6 rings (SSSR count). The summed E-state index contributed by atoms with van der Waals surface area (Å²) in [5.74, 6) is 2.95. The normalized spacial score (nSPS) is 14.9. The number of aromatic nitrogens is 5. The molecule has 6 heterocycles. The number of furan rings is 2. The molecule has 0 spiro atoms. The fourth-order valence-corrected chi connectivity index (χ4v) is 6.04. The first-order valence-corrected chi connectivity index (χ1v) is 12.9. The van der Waals surface area contributed by atoms with Crippen LogP contribution in [0.1, 0.15) is 36.6 Å². The molecule has 1 fully saturated rings. The van der Waals surface area contributed by atoms with E-state index in [0.29, 0.717) is 28.3 Å². The Balaban J connectivity index is 1.32. The van der Waals surface area contributed by atoms with Crippen LogP contribution in [0.25, 0.3) is 21.5 Å². The zero-order chi connectivity index (χ0) is 23.1. The molecule has 5 aromatic rings. The standard InChI is InChI=1S/C23H22N6O3S2/c1-14(19-24-20(30)18-16(13-33-21(18)25-19)17-7-5-11-32-17)34-23-27-26-22(28-8-2-3-9-28)29(23)12-15-6-4-10-31-15/h4-7,10-11,13-14H,2-3,8-9,12H2,1H3,(H,24,25,30)/t14-/m1/s1. The molecular formula is C23H22N6O3S2. The summed E-state index contributed by atoms with van der Waals surface area (Å²) in [6, 6.07) is 7.48. The smallest absolute Gasteiger partial charge is 0.260 e. The molecule has 0 aliphatic carbocycles. The van der Waals surface area contributed by atoms with Crippen molar-refractivity contribution in [3.05, 3.63) is 64.1 Å². The largest absolute Gasteiger partial charge is 0.467 e. The van der Waals surface area contributed by atoms with Crippen molar-refractivity contribution >= 4 is 39.3 Å². The Hall–Kier alpha value is -3.31. The molecule has 0 unspecified atom stereocenters. The van der Waals surface area contributed by atoms with Crippen LogP contribution in [-0.4, -0.2) is 37.8 Å². The van der Waals surface area contributed by atoms with Gasteiger partial charge in [0.1, 0.15) is 22.2 Å². The van der Waals surface area contributed by atoms with Crippen molar-refractivity contribution in [2.45, 2.75) is 36.7 Å². The topological polar surface area (TPSA) is 106 Å². The van der Waals surface area contributed by atoms with E-state index in [1.54, 1.807) is 12.5 Å². The van der Waals surface area contributed by atoms with Gasteiger partial charge >= 0.3 is 0 Å². The number of nitrogens with one attached hydrogen (secondary N) is 1. The fourth-order valence-electron chi connectivity index (χ4n) is 4.20. The molecule has 0 radical (unpaired) electrons. The van der Waals surface area contributed by atoms with Crippen LogP contribution >= 0.6 is 23.1 Å². The number of thiophene rings is 1. The number of fused-ring (bicyclic) bond motifs is 1. The van der Waals surface area contributed by atoms with Crippen molar-refractivity contribution in [3.63, 3.8) is 0 Å². The number of rotatable bonds is 7. The Morgan fingerprint density at radius 2 is 2.00 bits per heavy atom. The number of aromatic amines is 1. The Bertz CT molecular complexity index is 1460. The molecule has 9 nitrogen and oxygen atoms in total. The van der Waals surface area contributed by atoms with E-state index in [2.05, 4.69) is 24.6 Å². The summed E-state index contributed by atoms with van der Waals surface area (Å²) < 4.78 is 13.2. The predicted molar refractivity (Wildman–Crippen MR) is 131 cm³/mol. The predicted octanol–water partition coefficient (Wildman–Crippen LogP) is 4.93. The van der Waals surface area contributed by atoms with E-state index in [1.807, 2.05) is 36.6 Å². The van der Waals surface area contributed by atoms with Crippen LogP contribution in [0, 0.1) is 0 Å². The van der Waals surface area contributed by atoms with Gasteiger partial charge in [-0.3, -0.25) is 9.36 Å². The van der Waals surface area contributed by atoms with Crippen molar-refractivity contribution in [2.24, 2.45) is 0 Å². The zero-order valence-corrected chi connectivity index (χ0v) is 20.1. The highest BCUT2D eigenvalue weighted by molar-refractivity contribution is 7.99. The minimum absolute atomic E-state index is 0.141. The van der Waals surface area contributed by atoms with Gasteiger partial charge in [-0.05, 0) is 44.0 Å². The van der Waals surface area contributed by atoms with Crippen LogP contribution in [-0.2, 0) is 6.54 Å². The Kier molecular flexibility index (Phi) is 5.50. The summed E-state index contributed by atoms with van der Waals surface area (Å²) in [5, 5.41) is 12.1. The van der Waals surface area contributed by atoms with Crippen molar-refractivity contribution in [1.29, 1.82) is 0 Å². The van der Waals surface area contributed by atoms with Gasteiger partial charge in [0.2, 0.25) is 5.95 Å². The van der Waals surface area contributed by atoms with E-state index in [0.717, 1.165) is 48.4 Å². The maximum atomic E-state index is 13.0. The molecule has 5 aromatic heterocycles. The van der Waals surface area contributed by atoms with Crippen LogP contribution in [0.2, 0.25) is 0 Å². The number of thioether (sulfide) groups is 1. The summed E-state index contributed by atoms with van der Waals surface area (Å²) in [4.78, 5) is 23.7. The van der Waals surface area contributed by atoms with Gasteiger partial charge in [-0.15, -0.1) is 21.5 Å². The summed E-state index contributed by atoms with van der Waals surface area (Å²) in [7, 11) is 0. The minimum atomic E-state index is -0.171. The number of anilines is 1. The molecule has 1 atom stereocenters. The Labute approximate surface area is 202 Å². The quantitative estimate of drug-likeness (QED) is 0.318. The molecule has 174 valence electrons. The third-order valence-corrected chi connectivity index (χ3v) is 7.86. The van der Waals surface area contributed by atoms with Gasteiger partial charge in [0.05, 0.1) is 29.7 Å². The second-order valence-electron chi connectivity index (χ2n) is 8.16. The lowest BCUT2D eigenvalue weighted by Gasteiger charge is -2.18. The zero-order valence-electron chi connectivity index (χ0n) is 18.4. The third-order valence-electron chi connectivity index (χ3n) is 5.90. The Morgan fingerprint density at radius 3 is 2.76 bits per heavy atom. The van der Waals surface area contributed by atoms with Crippen molar-refractivity contribution in [2.75, 3.05) is 18.0 Å². The van der Waals surface area contributed by atoms with Crippen LogP contribution in [0.5, 0.6) is 0 Å². The molecule has 11 heteroatoms. The van der Waals surface area contributed by atoms with Gasteiger partial charge in [0.15, 0.2) is 5.16 Å². The first kappa shape index (κ1) is 21.2. The van der Waals surface area contributed by atoms with Gasteiger partial charge in [0.25, 0.3) is 5.56 Å². The van der Waals surface area contributed by atoms with Gasteiger partial charge in [-0.2, -0.15) is 0 Å². The van der Waals surface area contributed by atoms with Crippen molar-refractivity contribution in [3.8, 4) is 11.3 Å². The van der Waals surface area contributed by atoms with E-state index < -0.39 is 0 Å². The molecule has 1 N–H and O–H groups in total. The summed E-state index contributed by atoms with van der Waals surface area (Å²) in [5.41, 5.74) is 0.592. The van der Waals surface area contributed by atoms with Crippen LogP contribution in [0.4, 0.5) is 5.95 Å². The lowest BCUT2D eigenvalue weighted by Crippen LogP contribution is -2.22. The second kappa shape index (κ2) is 8.80. The summed E-state index contributed by atoms with van der Waals surface area (Å²) in [6.45, 7) is 4.50. The molecule has 1 aliphatic rings. The highest BCUT2D eigenvalue weighted by Crippen LogP contribution is 2.36. The third kappa shape index (κ3) is 3.84.